The summed E-state index contributed by atoms with van der Waals surface area (Å²) in [6.45, 7) is 2.17. The van der Waals surface area contributed by atoms with Crippen molar-refractivity contribution in [2.45, 2.75) is 18.4 Å². The highest BCUT2D eigenvalue weighted by Crippen LogP contribution is 2.18. The highest BCUT2D eigenvalue weighted by atomic mass is 32.2. The molecule has 0 aliphatic carbocycles. The number of aromatic carboxylic acids is 1. The zero-order chi connectivity index (χ0) is 15.6. The van der Waals surface area contributed by atoms with Gasteiger partial charge in [0, 0.05) is 19.8 Å². The Morgan fingerprint density at radius 2 is 1.90 bits per heavy atom. The molecule has 7 heteroatoms. The third-order valence-corrected chi connectivity index (χ3v) is 4.90. The normalized spacial score (nSPS) is 11.8. The molecule has 0 saturated carbocycles. The van der Waals surface area contributed by atoms with Crippen molar-refractivity contribution in [3.05, 3.63) is 53.3 Å². The first-order valence-electron chi connectivity index (χ1n) is 6.24. The highest BCUT2D eigenvalue weighted by molar-refractivity contribution is 7.89. The summed E-state index contributed by atoms with van der Waals surface area (Å²) in [7, 11) is -2.26. The number of aromatic amines is 1. The maximum Gasteiger partial charge on any atom is 0.352 e. The van der Waals surface area contributed by atoms with E-state index >= 15 is 0 Å². The lowest BCUT2D eigenvalue weighted by atomic mass is 10.1. The van der Waals surface area contributed by atoms with Gasteiger partial charge in [0.2, 0.25) is 10.0 Å². The largest absolute Gasteiger partial charge is 0.477 e. The fraction of sp³-hybridized carbons (Fsp3) is 0.214. The molecule has 2 aromatic rings. The summed E-state index contributed by atoms with van der Waals surface area (Å²) >= 11 is 0. The van der Waals surface area contributed by atoms with Gasteiger partial charge in [-0.1, -0.05) is 29.8 Å². The number of hydrogen-bond acceptors (Lipinski definition) is 3. The van der Waals surface area contributed by atoms with E-state index in [2.05, 4.69) is 4.98 Å². The van der Waals surface area contributed by atoms with E-state index in [-0.39, 0.29) is 17.1 Å². The maximum atomic E-state index is 12.4. The predicted molar refractivity (Wildman–Crippen MR) is 77.6 cm³/mol. The molecule has 0 radical (unpaired) electrons. The van der Waals surface area contributed by atoms with E-state index in [9.17, 15) is 13.2 Å². The molecule has 1 heterocycles. The number of rotatable bonds is 5. The lowest BCUT2D eigenvalue weighted by Gasteiger charge is -2.16. The molecule has 1 aromatic heterocycles. The third-order valence-electron chi connectivity index (χ3n) is 3.12. The van der Waals surface area contributed by atoms with E-state index in [4.69, 9.17) is 5.11 Å². The predicted octanol–water partition coefficient (Wildman–Crippen LogP) is 1.84. The number of hydrogen-bond donors (Lipinski definition) is 2. The Labute approximate surface area is 123 Å². The van der Waals surface area contributed by atoms with E-state index < -0.39 is 16.0 Å². The van der Waals surface area contributed by atoms with Gasteiger partial charge in [-0.05, 0) is 18.6 Å². The van der Waals surface area contributed by atoms with E-state index in [0.717, 1.165) is 17.2 Å². The summed E-state index contributed by atoms with van der Waals surface area (Å²) in [5, 5.41) is 8.82. The molecule has 1 aromatic carbocycles. The summed E-state index contributed by atoms with van der Waals surface area (Å²) in [6.07, 6.45) is 1.18. The highest BCUT2D eigenvalue weighted by Gasteiger charge is 2.23. The zero-order valence-corrected chi connectivity index (χ0v) is 12.5. The Morgan fingerprint density at radius 3 is 2.43 bits per heavy atom. The first-order chi connectivity index (χ1) is 9.80. The molecule has 0 amide bonds. The van der Waals surface area contributed by atoms with E-state index in [1.54, 1.807) is 0 Å². The Balaban J connectivity index is 2.21. The van der Waals surface area contributed by atoms with Gasteiger partial charge in [0.05, 0.1) is 0 Å². The molecular formula is C14H16N2O4S. The molecule has 6 nitrogen and oxygen atoms in total. The van der Waals surface area contributed by atoms with Crippen molar-refractivity contribution in [3.8, 4) is 0 Å². The Bertz CT molecular complexity index is 748. The van der Waals surface area contributed by atoms with Crippen LogP contribution in [0.1, 0.15) is 21.6 Å². The van der Waals surface area contributed by atoms with Crippen LogP contribution >= 0.6 is 0 Å². The number of nitrogens with zero attached hydrogens (tertiary/aromatic N) is 1. The van der Waals surface area contributed by atoms with Crippen LogP contribution in [0.2, 0.25) is 0 Å². The number of benzene rings is 1. The van der Waals surface area contributed by atoms with Crippen LogP contribution in [-0.2, 0) is 16.6 Å². The van der Waals surface area contributed by atoms with Gasteiger partial charge in [0.15, 0.2) is 0 Å². The second kappa shape index (κ2) is 5.71. The van der Waals surface area contributed by atoms with Crippen LogP contribution in [0.5, 0.6) is 0 Å². The monoisotopic (exact) mass is 308 g/mol. The van der Waals surface area contributed by atoms with E-state index in [1.807, 2.05) is 31.2 Å². The molecule has 0 saturated heterocycles. The number of H-pyrrole nitrogens is 1. The number of carboxylic acids is 1. The lowest BCUT2D eigenvalue weighted by Crippen LogP contribution is -2.26. The minimum absolute atomic E-state index is 0.0606. The molecule has 0 aliphatic rings. The van der Waals surface area contributed by atoms with Crippen molar-refractivity contribution < 1.29 is 18.3 Å². The van der Waals surface area contributed by atoms with Crippen LogP contribution in [0.3, 0.4) is 0 Å². The number of carboxylic acid groups (broad SMARTS) is 1. The van der Waals surface area contributed by atoms with Crippen LogP contribution in [0.15, 0.2) is 41.4 Å². The van der Waals surface area contributed by atoms with Gasteiger partial charge in [0.25, 0.3) is 0 Å². The van der Waals surface area contributed by atoms with Crippen LogP contribution in [0.25, 0.3) is 0 Å². The molecule has 0 fully saturated rings. The van der Waals surface area contributed by atoms with Gasteiger partial charge in [0.1, 0.15) is 10.6 Å². The lowest BCUT2D eigenvalue weighted by molar-refractivity contribution is 0.0691. The van der Waals surface area contributed by atoms with Crippen molar-refractivity contribution >= 4 is 16.0 Å². The second-order valence-electron chi connectivity index (χ2n) is 4.80. The van der Waals surface area contributed by atoms with Gasteiger partial charge in [-0.3, -0.25) is 0 Å². The van der Waals surface area contributed by atoms with Gasteiger partial charge in [-0.15, -0.1) is 0 Å². The molecular weight excluding hydrogens is 292 g/mol. The van der Waals surface area contributed by atoms with Crippen LogP contribution < -0.4 is 0 Å². The number of nitrogens with one attached hydrogen (secondary N) is 1. The molecule has 2 rings (SSSR count). The Kier molecular flexibility index (Phi) is 4.15. The zero-order valence-electron chi connectivity index (χ0n) is 11.7. The first-order valence-corrected chi connectivity index (χ1v) is 7.68. The van der Waals surface area contributed by atoms with E-state index in [1.165, 1.54) is 17.5 Å². The molecule has 0 spiro atoms. The molecule has 0 atom stereocenters. The molecule has 21 heavy (non-hydrogen) atoms. The summed E-state index contributed by atoms with van der Waals surface area (Å²) in [6, 6.07) is 8.66. The summed E-state index contributed by atoms with van der Waals surface area (Å²) in [5.41, 5.74) is 1.80. The summed E-state index contributed by atoms with van der Waals surface area (Å²) < 4.78 is 25.9. The minimum Gasteiger partial charge on any atom is -0.477 e. The molecule has 0 unspecified atom stereocenters. The van der Waals surface area contributed by atoms with Crippen molar-refractivity contribution in [3.63, 3.8) is 0 Å². The van der Waals surface area contributed by atoms with Crippen LogP contribution in [0.4, 0.5) is 0 Å². The Morgan fingerprint density at radius 1 is 1.29 bits per heavy atom. The van der Waals surface area contributed by atoms with Gasteiger partial charge < -0.3 is 10.1 Å². The minimum atomic E-state index is -3.72. The van der Waals surface area contributed by atoms with Gasteiger partial charge in [-0.25, -0.2) is 13.2 Å². The van der Waals surface area contributed by atoms with Crippen molar-refractivity contribution in [2.75, 3.05) is 7.05 Å². The van der Waals surface area contributed by atoms with Crippen LogP contribution in [-0.4, -0.2) is 35.8 Å². The SMILES string of the molecule is Cc1ccc(CN(C)S(=O)(=O)c2c[nH]c(C(=O)O)c2)cc1. The van der Waals surface area contributed by atoms with Crippen molar-refractivity contribution in [1.82, 2.24) is 9.29 Å². The summed E-state index contributed by atoms with van der Waals surface area (Å²) in [5.74, 6) is -1.20. The number of sulfonamides is 1. The number of aryl methyl sites for hydroxylation is 1. The molecule has 2 N–H and O–H groups in total. The van der Waals surface area contributed by atoms with E-state index in [0.29, 0.717) is 0 Å². The maximum absolute atomic E-state index is 12.4. The molecule has 0 aliphatic heterocycles. The quantitative estimate of drug-likeness (QED) is 0.882. The standard InChI is InChI=1S/C14H16N2O4S/c1-10-3-5-11(6-4-10)9-16(2)21(19,20)12-7-13(14(17)18)15-8-12/h3-8,15H,9H2,1-2H3,(H,17,18). The van der Waals surface area contributed by atoms with Crippen LogP contribution in [0, 0.1) is 6.92 Å². The first kappa shape index (κ1) is 15.3. The van der Waals surface area contributed by atoms with Crippen molar-refractivity contribution in [2.24, 2.45) is 0 Å². The third kappa shape index (κ3) is 3.32. The average Bonchev–Trinajstić information content (AvgIpc) is 2.91. The fourth-order valence-corrected chi connectivity index (χ4v) is 3.02. The topological polar surface area (TPSA) is 90.5 Å². The Hall–Kier alpha value is -2.12. The van der Waals surface area contributed by atoms with Crippen molar-refractivity contribution in [1.29, 1.82) is 0 Å². The molecule has 112 valence electrons. The second-order valence-corrected chi connectivity index (χ2v) is 6.85. The average molecular weight is 308 g/mol. The molecule has 0 bridgehead atoms. The number of carbonyl (C=O) groups is 1. The summed E-state index contributed by atoms with van der Waals surface area (Å²) in [4.78, 5) is 13.2. The fourth-order valence-electron chi connectivity index (χ4n) is 1.86. The number of aromatic nitrogens is 1. The smallest absolute Gasteiger partial charge is 0.352 e. The van der Waals surface area contributed by atoms with Gasteiger partial charge >= 0.3 is 5.97 Å². The van der Waals surface area contributed by atoms with Gasteiger partial charge in [-0.2, -0.15) is 4.31 Å².